The molecule has 0 saturated heterocycles. The zero-order chi connectivity index (χ0) is 22.0. The summed E-state index contributed by atoms with van der Waals surface area (Å²) in [6.07, 6.45) is 2.74. The maximum absolute atomic E-state index is 12.5. The molecule has 1 aliphatic rings. The van der Waals surface area contributed by atoms with Gasteiger partial charge in [0.15, 0.2) is 0 Å². The molecule has 0 bridgehead atoms. The molecule has 0 atom stereocenters. The van der Waals surface area contributed by atoms with E-state index >= 15 is 0 Å². The van der Waals surface area contributed by atoms with Crippen LogP contribution in [0.5, 0.6) is 0 Å². The number of nitrogens with zero attached hydrogens (tertiary/aromatic N) is 1. The minimum atomic E-state index is -0.513. The summed E-state index contributed by atoms with van der Waals surface area (Å²) in [6, 6.07) is 4.04. The molecule has 8 heteroatoms. The zero-order valence-electron chi connectivity index (χ0n) is 17.8. The first-order chi connectivity index (χ1) is 14.2. The third kappa shape index (κ3) is 4.88. The normalized spacial score (nSPS) is 12.7. The van der Waals surface area contributed by atoms with E-state index in [2.05, 4.69) is 10.6 Å². The molecule has 7 nitrogen and oxygen atoms in total. The van der Waals surface area contributed by atoms with Gasteiger partial charge in [0.1, 0.15) is 5.00 Å². The molecule has 0 saturated carbocycles. The van der Waals surface area contributed by atoms with Gasteiger partial charge in [-0.15, -0.1) is 11.3 Å². The van der Waals surface area contributed by atoms with Crippen molar-refractivity contribution < 1.29 is 14.4 Å². The molecular formula is C22H28N4O3S. The summed E-state index contributed by atoms with van der Waals surface area (Å²) >= 11 is 1.42. The molecule has 160 valence electrons. The van der Waals surface area contributed by atoms with Crippen molar-refractivity contribution >= 4 is 39.7 Å². The lowest BCUT2D eigenvalue weighted by molar-refractivity contribution is -0.119. The lowest BCUT2D eigenvalue weighted by atomic mass is 10.1. The van der Waals surface area contributed by atoms with Crippen LogP contribution < -0.4 is 16.4 Å². The molecule has 1 heterocycles. The second-order valence-electron chi connectivity index (χ2n) is 7.97. The standard InChI is InChI=1S/C22H28N4O3S/c1-12-8-13(2)20(14(3)9-12)24-17(27)10-26(4)11-18(28)25-22-19(21(23)29)15-6-5-7-16(15)30-22/h8-9H,5-7,10-11H2,1-4H3,(H2,23,29)(H,24,27)(H,25,28). The molecule has 0 aliphatic heterocycles. The molecule has 0 unspecified atom stereocenters. The fraction of sp³-hybridized carbons (Fsp3) is 0.409. The number of benzene rings is 1. The number of aryl methyl sites for hydroxylation is 4. The third-order valence-corrected chi connectivity index (χ3v) is 6.40. The predicted octanol–water partition coefficient (Wildman–Crippen LogP) is 2.77. The SMILES string of the molecule is Cc1cc(C)c(NC(=O)CN(C)CC(=O)Nc2sc3c(c2C(N)=O)CCC3)c(C)c1. The lowest BCUT2D eigenvalue weighted by Gasteiger charge is -2.18. The van der Waals surface area contributed by atoms with Crippen LogP contribution >= 0.6 is 11.3 Å². The number of carbonyl (C=O) groups is 3. The van der Waals surface area contributed by atoms with Gasteiger partial charge in [-0.1, -0.05) is 17.7 Å². The molecule has 0 spiro atoms. The Morgan fingerprint density at radius 1 is 1.03 bits per heavy atom. The van der Waals surface area contributed by atoms with Crippen LogP contribution in [0.2, 0.25) is 0 Å². The van der Waals surface area contributed by atoms with Gasteiger partial charge in [-0.05, 0) is 63.8 Å². The second kappa shape index (κ2) is 8.97. The number of primary amides is 1. The topological polar surface area (TPSA) is 105 Å². The molecule has 3 rings (SSSR count). The van der Waals surface area contributed by atoms with E-state index in [1.807, 2.05) is 32.9 Å². The summed E-state index contributed by atoms with van der Waals surface area (Å²) in [7, 11) is 1.71. The number of hydrogen-bond donors (Lipinski definition) is 3. The van der Waals surface area contributed by atoms with Gasteiger partial charge >= 0.3 is 0 Å². The quantitative estimate of drug-likeness (QED) is 0.631. The van der Waals surface area contributed by atoms with Crippen molar-refractivity contribution in [2.45, 2.75) is 40.0 Å². The van der Waals surface area contributed by atoms with Crippen molar-refractivity contribution in [3.05, 3.63) is 44.8 Å². The van der Waals surface area contributed by atoms with E-state index in [0.717, 1.165) is 52.1 Å². The van der Waals surface area contributed by atoms with E-state index in [-0.39, 0.29) is 24.9 Å². The van der Waals surface area contributed by atoms with Gasteiger partial charge in [0.25, 0.3) is 5.91 Å². The Balaban J connectivity index is 1.58. The van der Waals surface area contributed by atoms with Crippen LogP contribution in [0.3, 0.4) is 0 Å². The minimum absolute atomic E-state index is 0.0278. The van der Waals surface area contributed by atoms with Crippen LogP contribution in [0.25, 0.3) is 0 Å². The number of rotatable bonds is 7. The molecule has 1 aromatic carbocycles. The number of thiophene rings is 1. The van der Waals surface area contributed by atoms with E-state index in [9.17, 15) is 14.4 Å². The highest BCUT2D eigenvalue weighted by Crippen LogP contribution is 2.38. The van der Waals surface area contributed by atoms with Crippen molar-refractivity contribution in [3.63, 3.8) is 0 Å². The van der Waals surface area contributed by atoms with Crippen LogP contribution in [0, 0.1) is 20.8 Å². The molecular weight excluding hydrogens is 400 g/mol. The summed E-state index contributed by atoms with van der Waals surface area (Å²) in [6.45, 7) is 6.04. The first kappa shape index (κ1) is 22.0. The highest BCUT2D eigenvalue weighted by atomic mass is 32.1. The average molecular weight is 429 g/mol. The fourth-order valence-corrected chi connectivity index (χ4v) is 5.33. The second-order valence-corrected chi connectivity index (χ2v) is 9.07. The first-order valence-electron chi connectivity index (χ1n) is 9.96. The van der Waals surface area contributed by atoms with Crippen LogP contribution in [0.4, 0.5) is 10.7 Å². The van der Waals surface area contributed by atoms with Crippen LogP contribution in [0.15, 0.2) is 12.1 Å². The zero-order valence-corrected chi connectivity index (χ0v) is 18.7. The van der Waals surface area contributed by atoms with E-state index in [0.29, 0.717) is 10.6 Å². The van der Waals surface area contributed by atoms with E-state index in [1.165, 1.54) is 11.3 Å². The van der Waals surface area contributed by atoms with Crippen molar-refractivity contribution in [2.75, 3.05) is 30.8 Å². The molecule has 1 aliphatic carbocycles. The summed E-state index contributed by atoms with van der Waals surface area (Å²) in [4.78, 5) is 39.5. The monoisotopic (exact) mass is 428 g/mol. The van der Waals surface area contributed by atoms with Gasteiger partial charge in [-0.3, -0.25) is 19.3 Å². The third-order valence-electron chi connectivity index (χ3n) is 5.19. The number of anilines is 2. The molecule has 1 aromatic heterocycles. The Kier molecular flexibility index (Phi) is 6.58. The van der Waals surface area contributed by atoms with Crippen molar-refractivity contribution in [2.24, 2.45) is 5.73 Å². The summed E-state index contributed by atoms with van der Waals surface area (Å²) in [5.41, 5.74) is 10.9. The lowest BCUT2D eigenvalue weighted by Crippen LogP contribution is -2.36. The summed E-state index contributed by atoms with van der Waals surface area (Å²) in [5.74, 6) is -0.982. The van der Waals surface area contributed by atoms with E-state index < -0.39 is 5.91 Å². The molecule has 0 radical (unpaired) electrons. The average Bonchev–Trinajstić information content (AvgIpc) is 3.17. The molecule has 0 fully saturated rings. The number of carbonyl (C=O) groups excluding carboxylic acids is 3. The van der Waals surface area contributed by atoms with Gasteiger partial charge in [0.05, 0.1) is 18.7 Å². The van der Waals surface area contributed by atoms with Gasteiger partial charge < -0.3 is 16.4 Å². The largest absolute Gasteiger partial charge is 0.365 e. The number of nitrogens with one attached hydrogen (secondary N) is 2. The number of nitrogens with two attached hydrogens (primary N) is 1. The Morgan fingerprint density at radius 2 is 1.63 bits per heavy atom. The Labute approximate surface area is 180 Å². The minimum Gasteiger partial charge on any atom is -0.365 e. The van der Waals surface area contributed by atoms with Gasteiger partial charge in [-0.25, -0.2) is 0 Å². The Bertz CT molecular complexity index is 989. The first-order valence-corrected chi connectivity index (χ1v) is 10.8. The number of fused-ring (bicyclic) bond motifs is 1. The number of hydrogen-bond acceptors (Lipinski definition) is 5. The molecule has 3 amide bonds. The maximum Gasteiger partial charge on any atom is 0.251 e. The number of amides is 3. The van der Waals surface area contributed by atoms with Crippen molar-refractivity contribution in [1.29, 1.82) is 0 Å². The van der Waals surface area contributed by atoms with Gasteiger partial charge in [0.2, 0.25) is 11.8 Å². The highest BCUT2D eigenvalue weighted by Gasteiger charge is 2.26. The Hall–Kier alpha value is -2.71. The Morgan fingerprint density at radius 3 is 2.23 bits per heavy atom. The van der Waals surface area contributed by atoms with Crippen molar-refractivity contribution in [1.82, 2.24) is 4.90 Å². The predicted molar refractivity (Wildman–Crippen MR) is 120 cm³/mol. The van der Waals surface area contributed by atoms with Crippen LogP contribution in [-0.4, -0.2) is 42.8 Å². The van der Waals surface area contributed by atoms with Gasteiger partial charge in [0, 0.05) is 10.6 Å². The molecule has 4 N–H and O–H groups in total. The maximum atomic E-state index is 12.5. The summed E-state index contributed by atoms with van der Waals surface area (Å²) in [5, 5.41) is 6.26. The van der Waals surface area contributed by atoms with Crippen LogP contribution in [-0.2, 0) is 22.4 Å². The molecule has 30 heavy (non-hydrogen) atoms. The highest BCUT2D eigenvalue weighted by molar-refractivity contribution is 7.17. The van der Waals surface area contributed by atoms with Gasteiger partial charge in [-0.2, -0.15) is 0 Å². The summed E-state index contributed by atoms with van der Waals surface area (Å²) < 4.78 is 0. The van der Waals surface area contributed by atoms with E-state index in [4.69, 9.17) is 5.73 Å². The fourth-order valence-electron chi connectivity index (χ4n) is 4.02. The van der Waals surface area contributed by atoms with E-state index in [1.54, 1.807) is 11.9 Å². The molecule has 2 aromatic rings. The van der Waals surface area contributed by atoms with Crippen molar-refractivity contribution in [3.8, 4) is 0 Å². The smallest absolute Gasteiger partial charge is 0.251 e. The van der Waals surface area contributed by atoms with Crippen LogP contribution in [0.1, 0.15) is 43.9 Å². The number of likely N-dealkylation sites (N-methyl/N-ethyl adjacent to an activating group) is 1.